The molecule has 7 heteroatoms. The highest BCUT2D eigenvalue weighted by Gasteiger charge is 2.20. The van der Waals surface area contributed by atoms with E-state index in [2.05, 4.69) is 119 Å². The Labute approximate surface area is 282 Å². The number of thioether (sulfide) groups is 1. The molecule has 0 spiro atoms. The Hall–Kier alpha value is -2.55. The minimum Gasteiger partial charge on any atom is -0.143 e. The number of halogens is 1. The van der Waals surface area contributed by atoms with E-state index in [4.69, 9.17) is 11.6 Å². The van der Waals surface area contributed by atoms with Gasteiger partial charge in [-0.15, -0.1) is 45.3 Å². The van der Waals surface area contributed by atoms with E-state index in [-0.39, 0.29) is 0 Å². The second-order valence-corrected chi connectivity index (χ2v) is 16.4. The predicted octanol–water partition coefficient (Wildman–Crippen LogP) is 14.0. The third-order valence-electron chi connectivity index (χ3n) is 7.10. The van der Waals surface area contributed by atoms with Crippen molar-refractivity contribution in [3.05, 3.63) is 150 Å². The molecule has 0 saturated carbocycles. The molecule has 1 aliphatic carbocycles. The van der Waals surface area contributed by atoms with E-state index < -0.39 is 0 Å². The maximum Gasteiger partial charge on any atom is 0.249 e. The van der Waals surface area contributed by atoms with Gasteiger partial charge in [-0.25, -0.2) is 0 Å². The molecule has 0 aromatic carbocycles. The van der Waals surface area contributed by atoms with Gasteiger partial charge in [0.1, 0.15) is 0 Å². The average Bonchev–Trinajstić information content (AvgIpc) is 3.88. The van der Waals surface area contributed by atoms with E-state index in [9.17, 15) is 0 Å². The summed E-state index contributed by atoms with van der Waals surface area (Å²) in [6.45, 7) is 0. The van der Waals surface area contributed by atoms with Crippen LogP contribution in [0.2, 0.25) is 0 Å². The van der Waals surface area contributed by atoms with Gasteiger partial charge in [0.25, 0.3) is 0 Å². The summed E-state index contributed by atoms with van der Waals surface area (Å²) in [6.07, 6.45) is 16.7. The molecule has 0 amide bonds. The van der Waals surface area contributed by atoms with Gasteiger partial charge >= 0.3 is 0 Å². The molecular weight excluding hydrogens is 660 g/mol. The first-order chi connectivity index (χ1) is 21.2. The van der Waals surface area contributed by atoms with E-state index in [0.29, 0.717) is 0 Å². The van der Waals surface area contributed by atoms with Crippen molar-refractivity contribution in [2.45, 2.75) is 19.3 Å². The minimum absolute atomic E-state index is 0.894. The molecule has 0 N–H and O–H groups in total. The Morgan fingerprint density at radius 2 is 1.21 bits per heavy atom. The number of hydrogen-bond acceptors (Lipinski definition) is 5. The zero-order valence-corrected chi connectivity index (χ0v) is 28.7. The van der Waals surface area contributed by atoms with E-state index in [1.54, 1.807) is 45.3 Å². The topological polar surface area (TPSA) is 0 Å². The summed E-state index contributed by atoms with van der Waals surface area (Å²) < 4.78 is 0. The Morgan fingerprint density at radius 3 is 1.74 bits per heavy atom. The molecule has 0 saturated heterocycles. The summed E-state index contributed by atoms with van der Waals surface area (Å²) in [6, 6.07) is 21.9. The zero-order valence-electron chi connectivity index (χ0n) is 23.0. The lowest BCUT2D eigenvalue weighted by Crippen LogP contribution is -1.97. The van der Waals surface area contributed by atoms with Gasteiger partial charge in [-0.2, -0.15) is 0 Å². The standard InChI is InChI=1S/C36H26ClS6/c37-36-26(14-12-24-20-32(28-8-2-16-38-28)42-33(21-24)29-9-3-17-39-29)6-1-7-27(36)15-13-25-22-34(30-10-4-18-40-30)43-35(23-25)31-11-5-19-41-31/h2-5,8-23H,1,6-7H2/q+1. The van der Waals surface area contributed by atoms with Crippen LogP contribution in [0.1, 0.15) is 34.6 Å². The van der Waals surface area contributed by atoms with E-state index in [1.807, 2.05) is 23.1 Å². The number of rotatable bonds is 7. The fraction of sp³-hybridized carbons (Fsp3) is 0.0833. The van der Waals surface area contributed by atoms with Gasteiger partial charge < -0.3 is 0 Å². The minimum atomic E-state index is 0.894. The maximum atomic E-state index is 7.08. The summed E-state index contributed by atoms with van der Waals surface area (Å²) in [5.41, 5.74) is 4.84. The van der Waals surface area contributed by atoms with E-state index in [1.165, 1.54) is 61.4 Å². The van der Waals surface area contributed by atoms with Crippen LogP contribution in [0.25, 0.3) is 35.4 Å². The van der Waals surface area contributed by atoms with Gasteiger partial charge in [-0.1, -0.05) is 71.9 Å². The van der Waals surface area contributed by atoms with Crippen molar-refractivity contribution in [3.63, 3.8) is 0 Å². The fourth-order valence-electron chi connectivity index (χ4n) is 5.00. The molecule has 0 nitrogen and oxygen atoms in total. The quantitative estimate of drug-likeness (QED) is 0.154. The molecule has 7 rings (SSSR count). The highest BCUT2D eigenvalue weighted by Crippen LogP contribution is 2.46. The first-order valence-electron chi connectivity index (χ1n) is 13.9. The van der Waals surface area contributed by atoms with Crippen LogP contribution in [-0.4, -0.2) is 0 Å². The third-order valence-corrected chi connectivity index (χ3v) is 13.9. The molecule has 0 atom stereocenters. The molecule has 6 heterocycles. The molecule has 0 unspecified atom stereocenters. The van der Waals surface area contributed by atoms with E-state index >= 15 is 0 Å². The summed E-state index contributed by atoms with van der Waals surface area (Å²) in [4.78, 5) is 10.4. The summed E-state index contributed by atoms with van der Waals surface area (Å²) in [7, 11) is 0. The lowest BCUT2D eigenvalue weighted by Gasteiger charge is -2.17. The molecule has 0 fully saturated rings. The Bertz CT molecular complexity index is 1790. The van der Waals surface area contributed by atoms with Gasteiger partial charge in [-0.3, -0.25) is 0 Å². The molecule has 1 aliphatic heterocycles. The Balaban J connectivity index is 1.19. The summed E-state index contributed by atoms with van der Waals surface area (Å²) in [5.74, 6) is 0. The van der Waals surface area contributed by atoms with Gasteiger partial charge in [0.15, 0.2) is 0 Å². The molecular formula is C36H26ClS6+. The fourth-order valence-corrected chi connectivity index (χ4v) is 10.9. The highest BCUT2D eigenvalue weighted by molar-refractivity contribution is 8.17. The number of hydrogen-bond donors (Lipinski definition) is 0. The van der Waals surface area contributed by atoms with Gasteiger partial charge in [0.05, 0.1) is 9.75 Å². The summed E-state index contributed by atoms with van der Waals surface area (Å²) >= 11 is 18.0. The largest absolute Gasteiger partial charge is 0.249 e. The third kappa shape index (κ3) is 6.91. The van der Waals surface area contributed by atoms with E-state index in [0.717, 1.165) is 24.3 Å². The van der Waals surface area contributed by atoms with Crippen molar-refractivity contribution < 1.29 is 0 Å². The summed E-state index contributed by atoms with van der Waals surface area (Å²) in [5, 5.41) is 9.48. The molecule has 2 aliphatic rings. The van der Waals surface area contributed by atoms with Crippen molar-refractivity contribution in [2.24, 2.45) is 0 Å². The van der Waals surface area contributed by atoms with Crippen molar-refractivity contribution >= 4 is 95.9 Å². The van der Waals surface area contributed by atoms with Crippen LogP contribution in [0.15, 0.2) is 134 Å². The number of thiophene rings is 4. The van der Waals surface area contributed by atoms with Crippen LogP contribution < -0.4 is 0 Å². The molecule has 5 aromatic heterocycles. The highest BCUT2D eigenvalue weighted by atomic mass is 35.5. The van der Waals surface area contributed by atoms with Crippen LogP contribution in [0.4, 0.5) is 0 Å². The van der Waals surface area contributed by atoms with Crippen molar-refractivity contribution in [1.82, 2.24) is 0 Å². The van der Waals surface area contributed by atoms with Crippen LogP contribution in [0.3, 0.4) is 0 Å². The maximum absolute atomic E-state index is 7.08. The first-order valence-corrected chi connectivity index (χ1v) is 19.5. The normalized spacial score (nSPS) is 16.7. The zero-order chi connectivity index (χ0) is 29.0. The van der Waals surface area contributed by atoms with Crippen LogP contribution >= 0.6 is 80.0 Å². The molecule has 5 aromatic rings. The lowest BCUT2D eigenvalue weighted by molar-refractivity contribution is 0.792. The van der Waals surface area contributed by atoms with Gasteiger partial charge in [-0.05, 0) is 99.5 Å². The Kier molecular flexibility index (Phi) is 9.24. The van der Waals surface area contributed by atoms with Crippen LogP contribution in [-0.2, 0) is 0 Å². The van der Waals surface area contributed by atoms with Gasteiger partial charge in [0, 0.05) is 36.7 Å². The van der Waals surface area contributed by atoms with Crippen molar-refractivity contribution in [3.8, 4) is 19.5 Å². The monoisotopic (exact) mass is 685 g/mol. The molecule has 0 radical (unpaired) electrons. The molecule has 43 heavy (non-hydrogen) atoms. The smallest absolute Gasteiger partial charge is 0.143 e. The number of allylic oxidation sites excluding steroid dienone is 9. The second-order valence-electron chi connectivity index (χ2n) is 10.0. The Morgan fingerprint density at radius 1 is 0.651 bits per heavy atom. The van der Waals surface area contributed by atoms with Crippen LogP contribution in [0, 0.1) is 0 Å². The van der Waals surface area contributed by atoms with Crippen molar-refractivity contribution in [2.75, 3.05) is 0 Å². The first kappa shape index (κ1) is 29.2. The molecule has 212 valence electrons. The van der Waals surface area contributed by atoms with Gasteiger partial charge in [0.2, 0.25) is 21.1 Å². The molecule has 0 bridgehead atoms. The van der Waals surface area contributed by atoms with Crippen LogP contribution in [0.5, 0.6) is 0 Å². The average molecular weight is 686 g/mol. The van der Waals surface area contributed by atoms with Crippen molar-refractivity contribution in [1.29, 1.82) is 0 Å². The second kappa shape index (κ2) is 13.6. The predicted molar refractivity (Wildman–Crippen MR) is 199 cm³/mol. The lowest BCUT2D eigenvalue weighted by atomic mass is 9.93. The SMILES string of the molecule is ClC1=C(/C=C/c2cc(-c3cccs3)[s+]c(-c3cccs3)c2)CCC/C1=C\C=C1C=C(c2cccs2)SC(c2cccs2)=C1.